The zero-order valence-electron chi connectivity index (χ0n) is 33.6. The van der Waals surface area contributed by atoms with Crippen molar-refractivity contribution in [2.45, 2.75) is 73.6 Å². The molecule has 8 rings (SSSR count). The number of aryl methyl sites for hydroxylation is 2. The second-order valence-corrected chi connectivity index (χ2v) is 15.5. The molecule has 0 amide bonds. The van der Waals surface area contributed by atoms with Crippen molar-refractivity contribution in [2.75, 3.05) is 0 Å². The second-order valence-electron chi connectivity index (χ2n) is 15.5. The first-order valence-corrected chi connectivity index (χ1v) is 19.4. The summed E-state index contributed by atoms with van der Waals surface area (Å²) in [5, 5.41) is 2.04. The van der Waals surface area contributed by atoms with Gasteiger partial charge in [-0.3, -0.25) is 0 Å². The quantitative estimate of drug-likeness (QED) is 0.143. The van der Waals surface area contributed by atoms with Crippen LogP contribution >= 0.6 is 0 Å². The largest absolute Gasteiger partial charge is 0.486 e. The third kappa shape index (κ3) is 8.60. The molecule has 0 atom stereocenters. The number of hydrogen-bond donors (Lipinski definition) is 0. The van der Waals surface area contributed by atoms with Crippen molar-refractivity contribution in [1.29, 1.82) is 0 Å². The average molecular weight is 912 g/mol. The minimum atomic E-state index is 0. The maximum absolute atomic E-state index is 6.57. The summed E-state index contributed by atoms with van der Waals surface area (Å²) in [7, 11) is 0. The Morgan fingerprint density at radius 2 is 1.41 bits per heavy atom. The van der Waals surface area contributed by atoms with Crippen LogP contribution in [0.5, 0.6) is 0 Å². The molecule has 0 bridgehead atoms. The molecule has 56 heavy (non-hydrogen) atoms. The first-order valence-electron chi connectivity index (χ1n) is 19.4. The van der Waals surface area contributed by atoms with E-state index in [0.29, 0.717) is 23.5 Å². The summed E-state index contributed by atoms with van der Waals surface area (Å²) in [6, 6.07) is 44.3. The monoisotopic (exact) mass is 912 g/mol. The van der Waals surface area contributed by atoms with Crippen molar-refractivity contribution in [2.24, 2.45) is 5.92 Å². The van der Waals surface area contributed by atoms with Crippen LogP contribution in [0.25, 0.3) is 67.0 Å². The Morgan fingerprint density at radius 3 is 2.07 bits per heavy atom. The average Bonchev–Trinajstić information content (AvgIpc) is 3.57. The van der Waals surface area contributed by atoms with Gasteiger partial charge >= 0.3 is 0 Å². The molecular weight excluding hydrogens is 863 g/mol. The molecule has 1 radical (unpaired) electrons. The van der Waals surface area contributed by atoms with E-state index in [-0.39, 0.29) is 20.1 Å². The second kappa shape index (κ2) is 17.7. The van der Waals surface area contributed by atoms with Crippen LogP contribution in [0.2, 0.25) is 0 Å². The van der Waals surface area contributed by atoms with Crippen LogP contribution in [0.15, 0.2) is 126 Å². The molecular formula is C51H49IrN3O-2. The molecule has 0 aliphatic rings. The summed E-state index contributed by atoms with van der Waals surface area (Å²) in [6.07, 6.45) is 4.90. The summed E-state index contributed by atoms with van der Waals surface area (Å²) >= 11 is 0. The molecule has 0 fully saturated rings. The minimum absolute atomic E-state index is 0. The molecule has 4 aromatic heterocycles. The summed E-state index contributed by atoms with van der Waals surface area (Å²) < 4.78 is 6.57. The summed E-state index contributed by atoms with van der Waals surface area (Å²) in [5.74, 6) is 1.25. The number of pyridine rings is 3. The standard InChI is InChI=1S/C39H39N2O.C12H10N.Ir/c1-23(2)20-28-22-40-35(21-26(28)7)33-15-11-14-31-32-18-19-34(41-39(32)42-38(31)33)37-29(24(3)4)16-17-30(36(37)25(5)6)27-12-9-8-10-13-27;1-10-7-8-12(13-9-10)11-5-3-2-4-6-11;/h8-14,16-19,21-25H,20H2,1-7H3;2-5,7-9H,1H3;/q2*-1;. The van der Waals surface area contributed by atoms with Crippen molar-refractivity contribution in [3.8, 4) is 44.9 Å². The predicted octanol–water partition coefficient (Wildman–Crippen LogP) is 13.8. The van der Waals surface area contributed by atoms with Crippen molar-refractivity contribution in [3.05, 3.63) is 162 Å². The fourth-order valence-corrected chi connectivity index (χ4v) is 7.38. The van der Waals surface area contributed by atoms with Crippen LogP contribution in [-0.4, -0.2) is 15.0 Å². The molecule has 4 nitrogen and oxygen atoms in total. The van der Waals surface area contributed by atoms with Gasteiger partial charge in [0.1, 0.15) is 0 Å². The summed E-state index contributed by atoms with van der Waals surface area (Å²) in [4.78, 5) is 14.4. The Morgan fingerprint density at radius 1 is 0.661 bits per heavy atom. The Balaban J connectivity index is 0.000000321. The third-order valence-electron chi connectivity index (χ3n) is 10.1. The fourth-order valence-electron chi connectivity index (χ4n) is 7.38. The van der Waals surface area contributed by atoms with E-state index in [1.165, 1.54) is 44.5 Å². The normalized spacial score (nSPS) is 11.3. The van der Waals surface area contributed by atoms with Crippen LogP contribution < -0.4 is 0 Å². The van der Waals surface area contributed by atoms with E-state index in [1.807, 2.05) is 55.7 Å². The van der Waals surface area contributed by atoms with Gasteiger partial charge < -0.3 is 14.4 Å². The van der Waals surface area contributed by atoms with Gasteiger partial charge in [-0.1, -0.05) is 119 Å². The van der Waals surface area contributed by atoms with Gasteiger partial charge in [0.2, 0.25) is 5.71 Å². The molecule has 8 aromatic rings. The van der Waals surface area contributed by atoms with Gasteiger partial charge in [0.05, 0.1) is 11.3 Å². The number of aromatic nitrogens is 3. The van der Waals surface area contributed by atoms with Gasteiger partial charge in [-0.15, -0.1) is 54.1 Å². The van der Waals surface area contributed by atoms with Crippen LogP contribution in [0, 0.1) is 31.9 Å². The van der Waals surface area contributed by atoms with Gasteiger partial charge in [-0.05, 0) is 94.9 Å². The Bertz CT molecular complexity index is 2550. The Labute approximate surface area is 345 Å². The van der Waals surface area contributed by atoms with Crippen molar-refractivity contribution in [3.63, 3.8) is 0 Å². The predicted molar refractivity (Wildman–Crippen MR) is 229 cm³/mol. The third-order valence-corrected chi connectivity index (χ3v) is 10.1. The zero-order chi connectivity index (χ0) is 38.6. The maximum atomic E-state index is 6.57. The number of rotatable bonds is 8. The Hall–Kier alpha value is -5.22. The molecule has 0 saturated heterocycles. The summed E-state index contributed by atoms with van der Waals surface area (Å²) in [5.41, 5.74) is 16.2. The van der Waals surface area contributed by atoms with E-state index < -0.39 is 0 Å². The van der Waals surface area contributed by atoms with E-state index in [4.69, 9.17) is 14.4 Å². The first-order chi connectivity index (χ1) is 26.6. The summed E-state index contributed by atoms with van der Waals surface area (Å²) in [6.45, 7) is 17.7. The Kier molecular flexibility index (Phi) is 12.8. The van der Waals surface area contributed by atoms with E-state index in [0.717, 1.165) is 51.0 Å². The topological polar surface area (TPSA) is 51.8 Å². The molecule has 0 unspecified atom stereocenters. The zero-order valence-corrected chi connectivity index (χ0v) is 36.0. The molecule has 0 spiro atoms. The van der Waals surface area contributed by atoms with E-state index >= 15 is 0 Å². The van der Waals surface area contributed by atoms with Gasteiger partial charge in [0.15, 0.2) is 0 Å². The molecule has 0 saturated carbocycles. The molecule has 285 valence electrons. The van der Waals surface area contributed by atoms with Crippen LogP contribution in [0.1, 0.15) is 81.2 Å². The van der Waals surface area contributed by atoms with Crippen LogP contribution in [0.4, 0.5) is 0 Å². The first kappa shape index (κ1) is 40.4. The number of nitrogens with zero attached hydrogens (tertiary/aromatic N) is 3. The number of benzene rings is 4. The van der Waals surface area contributed by atoms with Gasteiger partial charge in [0.25, 0.3) is 0 Å². The van der Waals surface area contributed by atoms with E-state index in [2.05, 4.69) is 138 Å². The molecule has 0 aliphatic heterocycles. The van der Waals surface area contributed by atoms with Crippen LogP contribution in [-0.2, 0) is 26.5 Å². The molecule has 0 N–H and O–H groups in total. The molecule has 4 heterocycles. The molecule has 4 aromatic carbocycles. The van der Waals surface area contributed by atoms with Gasteiger partial charge in [-0.25, -0.2) is 4.98 Å². The number of furan rings is 1. The van der Waals surface area contributed by atoms with Crippen molar-refractivity contribution < 1.29 is 24.5 Å². The maximum Gasteiger partial charge on any atom is 0.216 e. The minimum Gasteiger partial charge on any atom is -0.486 e. The van der Waals surface area contributed by atoms with Gasteiger partial charge in [-0.2, -0.15) is 0 Å². The number of hydrogen-bond acceptors (Lipinski definition) is 4. The number of fused-ring (bicyclic) bond motifs is 3. The van der Waals surface area contributed by atoms with Crippen LogP contribution in [0.3, 0.4) is 0 Å². The van der Waals surface area contributed by atoms with E-state index in [9.17, 15) is 0 Å². The smallest absolute Gasteiger partial charge is 0.216 e. The fraction of sp³-hybridized carbons (Fsp3) is 0.235. The van der Waals surface area contributed by atoms with Gasteiger partial charge in [0, 0.05) is 43.4 Å². The van der Waals surface area contributed by atoms with Crippen molar-refractivity contribution in [1.82, 2.24) is 15.0 Å². The van der Waals surface area contributed by atoms with Crippen molar-refractivity contribution >= 4 is 22.1 Å². The molecule has 5 heteroatoms. The molecule has 0 aliphatic carbocycles. The van der Waals surface area contributed by atoms with E-state index in [1.54, 1.807) is 0 Å². The SMILES string of the molecule is Cc1cc(-c2[c-]ccc3c2oc2nc(-c4c(C(C)C)ccc(-c5ccccc5)c4C(C)C)ccc23)ncc1CC(C)C.Cc1ccc(-c2[c-]cccc2)nc1.[Ir].